The minimum absolute atomic E-state index is 0.137. The Bertz CT molecular complexity index is 1010. The van der Waals surface area contributed by atoms with Gasteiger partial charge in [0, 0.05) is 29.5 Å². The molecule has 0 saturated carbocycles. The molecule has 0 fully saturated rings. The largest absolute Gasteiger partial charge is 0.489 e. The van der Waals surface area contributed by atoms with E-state index in [-0.39, 0.29) is 12.5 Å². The van der Waals surface area contributed by atoms with E-state index in [1.54, 1.807) is 12.4 Å². The summed E-state index contributed by atoms with van der Waals surface area (Å²) in [5.74, 6) is 1.11. The molecule has 0 saturated heterocycles. The predicted octanol–water partition coefficient (Wildman–Crippen LogP) is 3.58. The molecule has 4 rings (SSSR count). The van der Waals surface area contributed by atoms with Crippen LogP contribution in [-0.2, 0) is 17.9 Å². The summed E-state index contributed by atoms with van der Waals surface area (Å²) in [5, 5.41) is 3.75. The summed E-state index contributed by atoms with van der Waals surface area (Å²) in [6.45, 7) is 0.743. The molecule has 2 aromatic heterocycles. The van der Waals surface area contributed by atoms with E-state index in [1.165, 1.54) is 0 Å². The number of aromatic nitrogens is 3. The Morgan fingerprint density at radius 3 is 2.85 bits per heavy atom. The van der Waals surface area contributed by atoms with Gasteiger partial charge in [-0.05, 0) is 29.8 Å². The summed E-state index contributed by atoms with van der Waals surface area (Å²) >= 11 is 0. The van der Waals surface area contributed by atoms with E-state index in [0.717, 1.165) is 22.2 Å². The van der Waals surface area contributed by atoms with Gasteiger partial charge in [0.15, 0.2) is 0 Å². The molecule has 0 unspecified atom stereocenters. The van der Waals surface area contributed by atoms with Crippen LogP contribution in [0.1, 0.15) is 5.56 Å². The first kappa shape index (κ1) is 16.0. The molecule has 130 valence electrons. The number of nitrogens with one attached hydrogen (secondary N) is 2. The van der Waals surface area contributed by atoms with Crippen molar-refractivity contribution in [1.29, 1.82) is 0 Å². The number of fused-ring (bicyclic) bond motifs is 1. The fraction of sp³-hybridized carbons (Fsp3) is 0.100. The molecule has 26 heavy (non-hydrogen) atoms. The van der Waals surface area contributed by atoms with Crippen LogP contribution in [-0.4, -0.2) is 20.4 Å². The standard InChI is InChI=1S/C20H18N4O2/c25-19(23-20-21-9-10-22-20)13-24-11-8-16-12-17(6-7-18(16)24)26-14-15-4-2-1-3-5-15/h1-12H,13-14H2,(H2,21,22,23,25). The summed E-state index contributed by atoms with van der Waals surface area (Å²) in [7, 11) is 0. The second kappa shape index (κ2) is 7.14. The van der Waals surface area contributed by atoms with Crippen LogP contribution in [0.4, 0.5) is 5.95 Å². The van der Waals surface area contributed by atoms with E-state index < -0.39 is 0 Å². The van der Waals surface area contributed by atoms with Crippen LogP contribution in [0.15, 0.2) is 73.2 Å². The Morgan fingerprint density at radius 2 is 2.04 bits per heavy atom. The molecule has 1 amide bonds. The minimum Gasteiger partial charge on any atom is -0.489 e. The molecule has 0 aliphatic carbocycles. The van der Waals surface area contributed by atoms with Crippen molar-refractivity contribution in [2.45, 2.75) is 13.2 Å². The zero-order chi connectivity index (χ0) is 17.8. The molecule has 4 aromatic rings. The zero-order valence-corrected chi connectivity index (χ0v) is 14.1. The van der Waals surface area contributed by atoms with E-state index in [0.29, 0.717) is 12.6 Å². The molecule has 2 N–H and O–H groups in total. The number of H-pyrrole nitrogens is 1. The van der Waals surface area contributed by atoms with Gasteiger partial charge in [0.25, 0.3) is 0 Å². The number of amides is 1. The lowest BCUT2D eigenvalue weighted by Crippen LogP contribution is -2.18. The van der Waals surface area contributed by atoms with E-state index in [2.05, 4.69) is 15.3 Å². The highest BCUT2D eigenvalue weighted by Gasteiger charge is 2.08. The lowest BCUT2D eigenvalue weighted by molar-refractivity contribution is -0.116. The fourth-order valence-electron chi connectivity index (χ4n) is 2.81. The van der Waals surface area contributed by atoms with Crippen molar-refractivity contribution in [3.8, 4) is 5.75 Å². The van der Waals surface area contributed by atoms with Crippen LogP contribution in [0, 0.1) is 0 Å². The maximum atomic E-state index is 12.1. The summed E-state index contributed by atoms with van der Waals surface area (Å²) < 4.78 is 7.76. The summed E-state index contributed by atoms with van der Waals surface area (Å²) in [6.07, 6.45) is 5.16. The average Bonchev–Trinajstić information content (AvgIpc) is 3.31. The molecule has 2 aromatic carbocycles. The van der Waals surface area contributed by atoms with Crippen molar-refractivity contribution < 1.29 is 9.53 Å². The number of nitrogens with zero attached hydrogens (tertiary/aromatic N) is 2. The Kier molecular flexibility index (Phi) is 4.38. The Hall–Kier alpha value is -3.54. The van der Waals surface area contributed by atoms with Gasteiger partial charge in [0.05, 0.1) is 0 Å². The Labute approximate surface area is 150 Å². The summed E-state index contributed by atoms with van der Waals surface area (Å²) in [4.78, 5) is 19.0. The highest BCUT2D eigenvalue weighted by molar-refractivity contribution is 5.90. The molecule has 2 heterocycles. The first-order valence-corrected chi connectivity index (χ1v) is 8.33. The van der Waals surface area contributed by atoms with Crippen molar-refractivity contribution in [2.24, 2.45) is 0 Å². The normalized spacial score (nSPS) is 10.8. The smallest absolute Gasteiger partial charge is 0.246 e. The number of benzene rings is 2. The third-order valence-electron chi connectivity index (χ3n) is 4.06. The van der Waals surface area contributed by atoms with E-state index in [4.69, 9.17) is 4.74 Å². The number of carbonyl (C=O) groups is 1. The third kappa shape index (κ3) is 3.59. The predicted molar refractivity (Wildman–Crippen MR) is 99.9 cm³/mol. The lowest BCUT2D eigenvalue weighted by Gasteiger charge is -2.08. The summed E-state index contributed by atoms with van der Waals surface area (Å²) in [5.41, 5.74) is 2.10. The zero-order valence-electron chi connectivity index (χ0n) is 14.1. The first-order valence-electron chi connectivity index (χ1n) is 8.33. The van der Waals surface area contributed by atoms with Crippen molar-refractivity contribution in [1.82, 2.24) is 14.5 Å². The van der Waals surface area contributed by atoms with Gasteiger partial charge in [-0.15, -0.1) is 0 Å². The first-order chi connectivity index (χ1) is 12.8. The number of anilines is 1. The fourth-order valence-corrected chi connectivity index (χ4v) is 2.81. The number of imidazole rings is 1. The molecule has 0 radical (unpaired) electrons. The van der Waals surface area contributed by atoms with Gasteiger partial charge in [0.1, 0.15) is 18.9 Å². The second-order valence-electron chi connectivity index (χ2n) is 5.92. The van der Waals surface area contributed by atoms with Crippen molar-refractivity contribution in [3.63, 3.8) is 0 Å². The average molecular weight is 346 g/mol. The quantitative estimate of drug-likeness (QED) is 0.560. The molecule has 0 bridgehead atoms. The second-order valence-corrected chi connectivity index (χ2v) is 5.92. The monoisotopic (exact) mass is 346 g/mol. The van der Waals surface area contributed by atoms with Gasteiger partial charge in [-0.1, -0.05) is 30.3 Å². The molecular weight excluding hydrogens is 328 g/mol. The highest BCUT2D eigenvalue weighted by Crippen LogP contribution is 2.23. The Morgan fingerprint density at radius 1 is 1.15 bits per heavy atom. The topological polar surface area (TPSA) is 71.9 Å². The van der Waals surface area contributed by atoms with Crippen molar-refractivity contribution in [3.05, 3.63) is 78.8 Å². The Balaban J connectivity index is 1.44. The van der Waals surface area contributed by atoms with Gasteiger partial charge in [-0.3, -0.25) is 10.1 Å². The van der Waals surface area contributed by atoms with Crippen molar-refractivity contribution >= 4 is 22.8 Å². The van der Waals surface area contributed by atoms with Crippen molar-refractivity contribution in [2.75, 3.05) is 5.32 Å². The molecule has 0 atom stereocenters. The van der Waals surface area contributed by atoms with Gasteiger partial charge < -0.3 is 14.3 Å². The number of carbonyl (C=O) groups excluding carboxylic acids is 1. The molecular formula is C20H18N4O2. The maximum absolute atomic E-state index is 12.1. The van der Waals surface area contributed by atoms with Gasteiger partial charge in [-0.25, -0.2) is 4.98 Å². The van der Waals surface area contributed by atoms with E-state index in [1.807, 2.05) is 65.4 Å². The van der Waals surface area contributed by atoms with Crippen LogP contribution in [0.2, 0.25) is 0 Å². The van der Waals surface area contributed by atoms with Gasteiger partial charge >= 0.3 is 0 Å². The van der Waals surface area contributed by atoms with Crippen LogP contribution < -0.4 is 10.1 Å². The number of aromatic amines is 1. The number of hydrogen-bond donors (Lipinski definition) is 2. The summed E-state index contributed by atoms with van der Waals surface area (Å²) in [6, 6.07) is 17.9. The van der Waals surface area contributed by atoms with Gasteiger partial charge in [0.2, 0.25) is 11.9 Å². The molecule has 0 spiro atoms. The lowest BCUT2D eigenvalue weighted by atomic mass is 10.2. The van der Waals surface area contributed by atoms with Crippen LogP contribution in [0.25, 0.3) is 10.9 Å². The molecule has 0 aliphatic heterocycles. The molecule has 6 heteroatoms. The minimum atomic E-state index is -0.137. The van der Waals surface area contributed by atoms with Crippen LogP contribution >= 0.6 is 0 Å². The molecule has 6 nitrogen and oxygen atoms in total. The maximum Gasteiger partial charge on any atom is 0.246 e. The van der Waals surface area contributed by atoms with E-state index >= 15 is 0 Å². The van der Waals surface area contributed by atoms with Crippen LogP contribution in [0.3, 0.4) is 0 Å². The number of ether oxygens (including phenoxy) is 1. The SMILES string of the molecule is O=C(Cn1ccc2cc(OCc3ccccc3)ccc21)Nc1ncc[nH]1. The number of hydrogen-bond acceptors (Lipinski definition) is 3. The molecule has 0 aliphatic rings. The number of rotatable bonds is 6. The van der Waals surface area contributed by atoms with E-state index in [9.17, 15) is 4.79 Å². The van der Waals surface area contributed by atoms with Crippen LogP contribution in [0.5, 0.6) is 5.75 Å². The third-order valence-corrected chi connectivity index (χ3v) is 4.06. The van der Waals surface area contributed by atoms with Gasteiger partial charge in [-0.2, -0.15) is 0 Å². The highest BCUT2D eigenvalue weighted by atomic mass is 16.5.